The monoisotopic (exact) mass is 325 g/mol. The minimum Gasteiger partial charge on any atom is -0.436 e. The summed E-state index contributed by atoms with van der Waals surface area (Å²) in [6.45, 7) is 5.95. The lowest BCUT2D eigenvalue weighted by Gasteiger charge is -2.08. The molecule has 2 rings (SSSR count). The van der Waals surface area contributed by atoms with Gasteiger partial charge in [-0.1, -0.05) is 37.0 Å². The van der Waals surface area contributed by atoms with Gasteiger partial charge in [-0.15, -0.1) is 0 Å². The number of rotatable bonds is 6. The molecule has 1 N–H and O–H groups in total. The van der Waals surface area contributed by atoms with E-state index in [2.05, 4.69) is 29.1 Å². The van der Waals surface area contributed by atoms with E-state index in [1.165, 1.54) is 0 Å². The molecule has 1 aromatic carbocycles. The molecule has 0 saturated heterocycles. The third-order valence-electron chi connectivity index (χ3n) is 2.65. The molecule has 0 atom stereocenters. The Balaban J connectivity index is 1.95. The van der Waals surface area contributed by atoms with E-state index in [0.717, 1.165) is 12.2 Å². The van der Waals surface area contributed by atoms with E-state index in [9.17, 15) is 0 Å². The van der Waals surface area contributed by atoms with E-state index in [0.29, 0.717) is 34.1 Å². The van der Waals surface area contributed by atoms with Crippen molar-refractivity contribution in [2.45, 2.75) is 20.4 Å². The summed E-state index contributed by atoms with van der Waals surface area (Å²) in [4.78, 5) is 8.52. The first-order valence-electron chi connectivity index (χ1n) is 6.69. The summed E-state index contributed by atoms with van der Waals surface area (Å²) in [5.74, 6) is 1.50. The molecule has 0 aliphatic rings. The van der Waals surface area contributed by atoms with E-state index in [1.54, 1.807) is 30.6 Å². The maximum absolute atomic E-state index is 6.04. The molecule has 0 amide bonds. The molecule has 0 bridgehead atoms. The van der Waals surface area contributed by atoms with Crippen LogP contribution in [0.1, 0.15) is 19.5 Å². The van der Waals surface area contributed by atoms with Gasteiger partial charge in [-0.25, -0.2) is 4.98 Å². The summed E-state index contributed by atoms with van der Waals surface area (Å²) in [7, 11) is 0. The highest BCUT2D eigenvalue weighted by atomic mass is 35.5. The predicted molar refractivity (Wildman–Crippen MR) is 85.1 cm³/mol. The van der Waals surface area contributed by atoms with Gasteiger partial charge in [0.15, 0.2) is 0 Å². The van der Waals surface area contributed by atoms with Crippen LogP contribution >= 0.6 is 23.2 Å². The van der Waals surface area contributed by atoms with Gasteiger partial charge in [-0.3, -0.25) is 4.98 Å². The van der Waals surface area contributed by atoms with Gasteiger partial charge in [0, 0.05) is 11.6 Å². The summed E-state index contributed by atoms with van der Waals surface area (Å²) in [5, 5.41) is 4.30. The molecule has 0 spiro atoms. The first-order valence-corrected chi connectivity index (χ1v) is 7.44. The van der Waals surface area contributed by atoms with Crippen LogP contribution in [0.25, 0.3) is 0 Å². The van der Waals surface area contributed by atoms with Gasteiger partial charge < -0.3 is 10.1 Å². The number of benzene rings is 1. The number of hydrogen-bond donors (Lipinski definition) is 1. The Morgan fingerprint density at radius 1 is 1.19 bits per heavy atom. The van der Waals surface area contributed by atoms with Crippen LogP contribution in [0.15, 0.2) is 30.6 Å². The average molecular weight is 326 g/mol. The summed E-state index contributed by atoms with van der Waals surface area (Å²) in [6, 6.07) is 5.03. The molecule has 0 aliphatic heterocycles. The Kier molecular flexibility index (Phi) is 5.79. The van der Waals surface area contributed by atoms with Gasteiger partial charge in [0.1, 0.15) is 5.75 Å². The molecule has 0 unspecified atom stereocenters. The van der Waals surface area contributed by atoms with E-state index < -0.39 is 0 Å². The Morgan fingerprint density at radius 3 is 2.62 bits per heavy atom. The Morgan fingerprint density at radius 2 is 2.00 bits per heavy atom. The van der Waals surface area contributed by atoms with Crippen LogP contribution in [0.5, 0.6) is 11.6 Å². The van der Waals surface area contributed by atoms with Crippen LogP contribution < -0.4 is 10.1 Å². The molecule has 1 aromatic heterocycles. The molecular weight excluding hydrogens is 309 g/mol. The molecule has 0 fully saturated rings. The molecule has 112 valence electrons. The molecular formula is C15H17Cl2N3O. The largest absolute Gasteiger partial charge is 0.436 e. The van der Waals surface area contributed by atoms with Gasteiger partial charge in [-0.05, 0) is 30.7 Å². The summed E-state index contributed by atoms with van der Waals surface area (Å²) in [6.07, 6.45) is 3.27. The zero-order valence-electron chi connectivity index (χ0n) is 11.9. The standard InChI is InChI=1S/C15H17Cl2N3O/c1-10(2)6-18-7-12-8-20-15(9-19-12)21-14-4-3-11(16)5-13(14)17/h3-5,8-10,18H,6-7H2,1-2H3. The first kappa shape index (κ1) is 16.0. The third kappa shape index (κ3) is 5.16. The normalized spacial score (nSPS) is 10.9. The predicted octanol–water partition coefficient (Wildman–Crippen LogP) is 4.32. The van der Waals surface area contributed by atoms with Crippen molar-refractivity contribution in [3.05, 3.63) is 46.3 Å². The lowest BCUT2D eigenvalue weighted by Crippen LogP contribution is -2.19. The third-order valence-corrected chi connectivity index (χ3v) is 3.18. The van der Waals surface area contributed by atoms with Crippen LogP contribution in [-0.2, 0) is 6.54 Å². The summed E-state index contributed by atoms with van der Waals surface area (Å²) >= 11 is 11.9. The van der Waals surface area contributed by atoms with Crippen molar-refractivity contribution in [2.24, 2.45) is 5.92 Å². The Bertz CT molecular complexity index is 588. The molecule has 0 radical (unpaired) electrons. The van der Waals surface area contributed by atoms with Gasteiger partial charge in [0.25, 0.3) is 0 Å². The number of halogens is 2. The maximum Gasteiger partial charge on any atom is 0.237 e. The SMILES string of the molecule is CC(C)CNCc1cnc(Oc2ccc(Cl)cc2Cl)cn1. The van der Waals surface area contributed by atoms with Crippen LogP contribution in [0, 0.1) is 5.92 Å². The number of hydrogen-bond acceptors (Lipinski definition) is 4. The van der Waals surface area contributed by atoms with Crippen molar-refractivity contribution in [3.8, 4) is 11.6 Å². The van der Waals surface area contributed by atoms with E-state index in [1.807, 2.05) is 0 Å². The highest BCUT2D eigenvalue weighted by Gasteiger charge is 2.05. The highest BCUT2D eigenvalue weighted by Crippen LogP contribution is 2.30. The second kappa shape index (κ2) is 7.59. The van der Waals surface area contributed by atoms with Crippen LogP contribution in [0.2, 0.25) is 10.0 Å². The molecule has 1 heterocycles. The quantitative estimate of drug-likeness (QED) is 0.859. The number of nitrogens with zero attached hydrogens (tertiary/aromatic N) is 2. The fourth-order valence-electron chi connectivity index (χ4n) is 1.65. The minimum atomic E-state index is 0.395. The van der Waals surface area contributed by atoms with Crippen molar-refractivity contribution in [2.75, 3.05) is 6.54 Å². The van der Waals surface area contributed by atoms with Gasteiger partial charge in [0.2, 0.25) is 5.88 Å². The zero-order valence-corrected chi connectivity index (χ0v) is 13.4. The zero-order chi connectivity index (χ0) is 15.2. The van der Waals surface area contributed by atoms with Crippen LogP contribution in [0.3, 0.4) is 0 Å². The van der Waals surface area contributed by atoms with Crippen LogP contribution in [0.4, 0.5) is 0 Å². The Labute approximate surface area is 134 Å². The maximum atomic E-state index is 6.04. The highest BCUT2D eigenvalue weighted by molar-refractivity contribution is 6.35. The van der Waals surface area contributed by atoms with E-state index in [-0.39, 0.29) is 0 Å². The van der Waals surface area contributed by atoms with Crippen LogP contribution in [-0.4, -0.2) is 16.5 Å². The van der Waals surface area contributed by atoms with Crippen molar-refractivity contribution in [3.63, 3.8) is 0 Å². The molecule has 6 heteroatoms. The lowest BCUT2D eigenvalue weighted by atomic mass is 10.2. The second-order valence-corrected chi connectivity index (χ2v) is 5.89. The first-order chi connectivity index (χ1) is 10.0. The molecule has 2 aromatic rings. The van der Waals surface area contributed by atoms with Crippen molar-refractivity contribution >= 4 is 23.2 Å². The fraction of sp³-hybridized carbons (Fsp3) is 0.333. The number of aromatic nitrogens is 2. The smallest absolute Gasteiger partial charge is 0.237 e. The topological polar surface area (TPSA) is 47.0 Å². The number of ether oxygens (including phenoxy) is 1. The van der Waals surface area contributed by atoms with Gasteiger partial charge in [0.05, 0.1) is 23.1 Å². The van der Waals surface area contributed by atoms with Gasteiger partial charge >= 0.3 is 0 Å². The van der Waals surface area contributed by atoms with Crippen molar-refractivity contribution < 1.29 is 4.74 Å². The molecule has 0 aliphatic carbocycles. The fourth-order valence-corrected chi connectivity index (χ4v) is 2.09. The van der Waals surface area contributed by atoms with Gasteiger partial charge in [-0.2, -0.15) is 0 Å². The Hall–Kier alpha value is -1.36. The molecule has 4 nitrogen and oxygen atoms in total. The number of nitrogens with one attached hydrogen (secondary N) is 1. The minimum absolute atomic E-state index is 0.395. The van der Waals surface area contributed by atoms with Crippen molar-refractivity contribution in [1.82, 2.24) is 15.3 Å². The summed E-state index contributed by atoms with van der Waals surface area (Å²) in [5.41, 5.74) is 0.866. The average Bonchev–Trinajstić information content (AvgIpc) is 2.43. The molecule has 0 saturated carbocycles. The van der Waals surface area contributed by atoms with E-state index >= 15 is 0 Å². The lowest BCUT2D eigenvalue weighted by molar-refractivity contribution is 0.458. The van der Waals surface area contributed by atoms with Crippen molar-refractivity contribution in [1.29, 1.82) is 0 Å². The second-order valence-electron chi connectivity index (χ2n) is 5.05. The summed E-state index contributed by atoms with van der Waals surface area (Å²) < 4.78 is 5.58. The molecule has 21 heavy (non-hydrogen) atoms. The van der Waals surface area contributed by atoms with E-state index in [4.69, 9.17) is 27.9 Å².